The number of carboxylic acid groups (broad SMARTS) is 1. The van der Waals surface area contributed by atoms with Crippen molar-refractivity contribution in [1.29, 1.82) is 0 Å². The number of carbonyl (C=O) groups excluding carboxylic acids is 1. The van der Waals surface area contributed by atoms with Crippen molar-refractivity contribution in [2.45, 2.75) is 37.1 Å². The Balaban J connectivity index is 2.21. The normalized spacial score (nSPS) is 13.6. The Bertz CT molecular complexity index is 907. The third-order valence-corrected chi connectivity index (χ3v) is 6.29. The SMILES string of the molecule is CCC(NC(=O)Cc1ccc(S(=O)(=O)CC)cc1)(C(=O)O)c1ccccc1. The number of nitrogens with one attached hydrogen (secondary N) is 1. The second-order valence-electron chi connectivity index (χ2n) is 6.20. The first-order valence-corrected chi connectivity index (χ1v) is 10.3. The molecular weight excluding hydrogens is 366 g/mol. The zero-order valence-corrected chi connectivity index (χ0v) is 16.1. The maximum absolute atomic E-state index is 12.5. The minimum atomic E-state index is -3.30. The maximum atomic E-state index is 12.5. The average Bonchev–Trinajstić information content (AvgIpc) is 2.67. The summed E-state index contributed by atoms with van der Waals surface area (Å²) in [4.78, 5) is 24.7. The van der Waals surface area contributed by atoms with Gasteiger partial charge in [-0.15, -0.1) is 0 Å². The molecule has 27 heavy (non-hydrogen) atoms. The molecule has 0 bridgehead atoms. The lowest BCUT2D eigenvalue weighted by atomic mass is 9.87. The minimum absolute atomic E-state index is 0.00153. The van der Waals surface area contributed by atoms with Gasteiger partial charge in [-0.3, -0.25) is 4.79 Å². The fourth-order valence-corrected chi connectivity index (χ4v) is 3.75. The van der Waals surface area contributed by atoms with Gasteiger partial charge in [0.15, 0.2) is 15.4 Å². The van der Waals surface area contributed by atoms with E-state index in [-0.39, 0.29) is 23.5 Å². The number of benzene rings is 2. The zero-order chi connectivity index (χ0) is 20.1. The number of carboxylic acids is 1. The summed E-state index contributed by atoms with van der Waals surface area (Å²) in [6.45, 7) is 3.27. The number of hydrogen-bond acceptors (Lipinski definition) is 4. The summed E-state index contributed by atoms with van der Waals surface area (Å²) in [5, 5.41) is 12.4. The van der Waals surface area contributed by atoms with Crippen LogP contribution in [0.15, 0.2) is 59.5 Å². The summed E-state index contributed by atoms with van der Waals surface area (Å²) in [6.07, 6.45) is 0.139. The number of aliphatic carboxylic acids is 1. The number of carbonyl (C=O) groups is 2. The maximum Gasteiger partial charge on any atom is 0.334 e. The molecule has 7 heteroatoms. The van der Waals surface area contributed by atoms with Gasteiger partial charge in [0.05, 0.1) is 17.1 Å². The fourth-order valence-electron chi connectivity index (χ4n) is 2.86. The van der Waals surface area contributed by atoms with Gasteiger partial charge >= 0.3 is 5.97 Å². The minimum Gasteiger partial charge on any atom is -0.479 e. The highest BCUT2D eigenvalue weighted by atomic mass is 32.2. The standard InChI is InChI=1S/C20H23NO5S/c1-3-20(19(23)24,16-8-6-5-7-9-16)21-18(22)14-15-10-12-17(13-11-15)27(25,26)4-2/h5-13H,3-4,14H2,1-2H3,(H,21,22)(H,23,24). The van der Waals surface area contributed by atoms with Crippen molar-refractivity contribution in [3.8, 4) is 0 Å². The fraction of sp³-hybridized carbons (Fsp3) is 0.300. The van der Waals surface area contributed by atoms with Crippen LogP contribution in [0.5, 0.6) is 0 Å². The molecule has 1 unspecified atom stereocenters. The van der Waals surface area contributed by atoms with Gasteiger partial charge in [0.2, 0.25) is 5.91 Å². The van der Waals surface area contributed by atoms with Crippen LogP contribution in [0.2, 0.25) is 0 Å². The highest BCUT2D eigenvalue weighted by Gasteiger charge is 2.40. The summed E-state index contributed by atoms with van der Waals surface area (Å²) in [6, 6.07) is 14.6. The Labute approximate surface area is 159 Å². The van der Waals surface area contributed by atoms with Crippen LogP contribution >= 0.6 is 0 Å². The molecule has 0 saturated carbocycles. The van der Waals surface area contributed by atoms with Crippen LogP contribution in [0.3, 0.4) is 0 Å². The average molecular weight is 389 g/mol. The van der Waals surface area contributed by atoms with Crippen molar-refractivity contribution in [1.82, 2.24) is 5.32 Å². The molecule has 2 rings (SSSR count). The topological polar surface area (TPSA) is 101 Å². The summed E-state index contributed by atoms with van der Waals surface area (Å²) < 4.78 is 23.7. The molecule has 0 heterocycles. The van der Waals surface area contributed by atoms with E-state index in [4.69, 9.17) is 0 Å². The molecule has 144 valence electrons. The molecular formula is C20H23NO5S. The molecule has 0 fully saturated rings. The molecule has 0 aliphatic rings. The zero-order valence-electron chi connectivity index (χ0n) is 15.3. The van der Waals surface area contributed by atoms with Gasteiger partial charge in [-0.2, -0.15) is 0 Å². The molecule has 2 aromatic carbocycles. The lowest BCUT2D eigenvalue weighted by Crippen LogP contribution is -2.52. The molecule has 0 spiro atoms. The van der Waals surface area contributed by atoms with E-state index in [1.54, 1.807) is 56.3 Å². The van der Waals surface area contributed by atoms with Gasteiger partial charge in [0.1, 0.15) is 0 Å². The number of sulfone groups is 1. The van der Waals surface area contributed by atoms with E-state index in [0.29, 0.717) is 11.1 Å². The summed E-state index contributed by atoms with van der Waals surface area (Å²) in [7, 11) is -3.30. The first-order valence-electron chi connectivity index (χ1n) is 8.66. The Hall–Kier alpha value is -2.67. The number of amides is 1. The van der Waals surface area contributed by atoms with Crippen LogP contribution in [0, 0.1) is 0 Å². The van der Waals surface area contributed by atoms with Crippen LogP contribution < -0.4 is 5.32 Å². The van der Waals surface area contributed by atoms with E-state index < -0.39 is 27.3 Å². The van der Waals surface area contributed by atoms with Crippen LogP contribution in [0.4, 0.5) is 0 Å². The molecule has 1 atom stereocenters. The van der Waals surface area contributed by atoms with Crippen LogP contribution in [-0.4, -0.2) is 31.2 Å². The van der Waals surface area contributed by atoms with E-state index in [9.17, 15) is 23.1 Å². The van der Waals surface area contributed by atoms with Crippen molar-refractivity contribution in [2.24, 2.45) is 0 Å². The van der Waals surface area contributed by atoms with Gasteiger partial charge in [-0.05, 0) is 29.7 Å². The first-order chi connectivity index (χ1) is 12.7. The predicted octanol–water partition coefficient (Wildman–Crippen LogP) is 2.53. The van der Waals surface area contributed by atoms with Gasteiger partial charge in [0.25, 0.3) is 0 Å². The van der Waals surface area contributed by atoms with E-state index in [2.05, 4.69) is 5.32 Å². The monoisotopic (exact) mass is 389 g/mol. The molecule has 6 nitrogen and oxygen atoms in total. The molecule has 2 N–H and O–H groups in total. The molecule has 0 aliphatic carbocycles. The van der Waals surface area contributed by atoms with Crippen molar-refractivity contribution in [2.75, 3.05) is 5.75 Å². The highest BCUT2D eigenvalue weighted by molar-refractivity contribution is 7.91. The quantitative estimate of drug-likeness (QED) is 0.723. The second-order valence-corrected chi connectivity index (χ2v) is 8.48. The number of hydrogen-bond donors (Lipinski definition) is 2. The van der Waals surface area contributed by atoms with Crippen LogP contribution in [0.25, 0.3) is 0 Å². The van der Waals surface area contributed by atoms with Crippen molar-refractivity contribution in [3.63, 3.8) is 0 Å². The van der Waals surface area contributed by atoms with Crippen molar-refractivity contribution in [3.05, 3.63) is 65.7 Å². The Morgan fingerprint density at radius 1 is 1.00 bits per heavy atom. The van der Waals surface area contributed by atoms with E-state index in [1.165, 1.54) is 12.1 Å². The summed E-state index contributed by atoms with van der Waals surface area (Å²) in [5.41, 5.74) is -0.409. The van der Waals surface area contributed by atoms with Gasteiger partial charge in [-0.25, -0.2) is 13.2 Å². The largest absolute Gasteiger partial charge is 0.479 e. The van der Waals surface area contributed by atoms with E-state index in [1.807, 2.05) is 0 Å². The summed E-state index contributed by atoms with van der Waals surface area (Å²) >= 11 is 0. The van der Waals surface area contributed by atoms with Crippen molar-refractivity contribution < 1.29 is 23.1 Å². The summed E-state index contributed by atoms with van der Waals surface area (Å²) in [5.74, 6) is -1.58. The van der Waals surface area contributed by atoms with E-state index >= 15 is 0 Å². The molecule has 0 radical (unpaired) electrons. The molecule has 0 aliphatic heterocycles. The van der Waals surface area contributed by atoms with E-state index in [0.717, 1.165) is 0 Å². The lowest BCUT2D eigenvalue weighted by molar-refractivity contribution is -0.148. The lowest BCUT2D eigenvalue weighted by Gasteiger charge is -2.30. The Morgan fingerprint density at radius 2 is 1.59 bits per heavy atom. The highest BCUT2D eigenvalue weighted by Crippen LogP contribution is 2.26. The molecule has 0 aromatic heterocycles. The Morgan fingerprint density at radius 3 is 2.07 bits per heavy atom. The van der Waals surface area contributed by atoms with Crippen LogP contribution in [0.1, 0.15) is 31.4 Å². The third kappa shape index (κ3) is 4.54. The smallest absolute Gasteiger partial charge is 0.334 e. The van der Waals surface area contributed by atoms with Gasteiger partial charge in [0, 0.05) is 0 Å². The predicted molar refractivity (Wildman–Crippen MR) is 102 cm³/mol. The number of rotatable bonds is 8. The van der Waals surface area contributed by atoms with Gasteiger partial charge < -0.3 is 10.4 Å². The molecule has 0 saturated heterocycles. The Kier molecular flexibility index (Phi) is 6.38. The third-order valence-electron chi connectivity index (χ3n) is 4.54. The second kappa shape index (κ2) is 8.35. The van der Waals surface area contributed by atoms with Crippen LogP contribution in [-0.2, 0) is 31.4 Å². The molecule has 2 aromatic rings. The van der Waals surface area contributed by atoms with Crippen molar-refractivity contribution >= 4 is 21.7 Å². The molecule has 1 amide bonds. The van der Waals surface area contributed by atoms with Gasteiger partial charge in [-0.1, -0.05) is 56.3 Å². The first kappa shape index (κ1) is 20.6.